The lowest BCUT2D eigenvalue weighted by Crippen LogP contribution is -2.46. The third kappa shape index (κ3) is 3.67. The van der Waals surface area contributed by atoms with E-state index in [0.717, 1.165) is 12.0 Å². The number of urea groups is 1. The van der Waals surface area contributed by atoms with Crippen molar-refractivity contribution < 1.29 is 14.7 Å². The van der Waals surface area contributed by atoms with Crippen molar-refractivity contribution in [3.8, 4) is 0 Å². The molecule has 0 spiro atoms. The van der Waals surface area contributed by atoms with Crippen molar-refractivity contribution in [2.24, 2.45) is 5.92 Å². The van der Waals surface area contributed by atoms with E-state index in [1.54, 1.807) is 17.3 Å². The van der Waals surface area contributed by atoms with Gasteiger partial charge in [0.15, 0.2) is 0 Å². The molecule has 1 aromatic heterocycles. The number of hydrogen-bond donors (Lipinski definition) is 2. The molecule has 2 rings (SSSR count). The molecular formula is C13H17N3O3. The predicted molar refractivity (Wildman–Crippen MR) is 68.4 cm³/mol. The van der Waals surface area contributed by atoms with Crippen LogP contribution in [0.5, 0.6) is 0 Å². The molecule has 19 heavy (non-hydrogen) atoms. The van der Waals surface area contributed by atoms with Crippen molar-refractivity contribution in [3.63, 3.8) is 0 Å². The fraction of sp³-hybridized carbons (Fsp3) is 0.462. The van der Waals surface area contributed by atoms with E-state index in [1.165, 1.54) is 0 Å². The highest BCUT2D eigenvalue weighted by molar-refractivity contribution is 5.76. The molecule has 0 aliphatic carbocycles. The van der Waals surface area contributed by atoms with Crippen LogP contribution in [0.4, 0.5) is 4.79 Å². The molecule has 1 aliphatic rings. The van der Waals surface area contributed by atoms with Crippen LogP contribution >= 0.6 is 0 Å². The highest BCUT2D eigenvalue weighted by atomic mass is 16.4. The molecule has 0 aromatic carbocycles. The smallest absolute Gasteiger partial charge is 0.317 e. The topological polar surface area (TPSA) is 82.5 Å². The molecule has 0 radical (unpaired) electrons. The Kier molecular flexibility index (Phi) is 4.33. The van der Waals surface area contributed by atoms with E-state index in [9.17, 15) is 9.59 Å². The molecule has 2 heterocycles. The van der Waals surface area contributed by atoms with Crippen LogP contribution in [0.1, 0.15) is 18.4 Å². The monoisotopic (exact) mass is 263 g/mol. The molecule has 1 saturated heterocycles. The summed E-state index contributed by atoms with van der Waals surface area (Å²) in [5.41, 5.74) is 0.919. The van der Waals surface area contributed by atoms with Crippen molar-refractivity contribution in [3.05, 3.63) is 30.1 Å². The minimum Gasteiger partial charge on any atom is -0.481 e. The van der Waals surface area contributed by atoms with Gasteiger partial charge in [0, 0.05) is 32.0 Å². The zero-order chi connectivity index (χ0) is 13.7. The summed E-state index contributed by atoms with van der Waals surface area (Å²) in [6.07, 6.45) is 4.74. The zero-order valence-electron chi connectivity index (χ0n) is 10.6. The Labute approximate surface area is 111 Å². The number of carboxylic acid groups (broad SMARTS) is 1. The maximum atomic E-state index is 11.9. The van der Waals surface area contributed by atoms with Crippen LogP contribution in [-0.4, -0.2) is 40.1 Å². The van der Waals surface area contributed by atoms with Gasteiger partial charge in [0.05, 0.1) is 5.92 Å². The summed E-state index contributed by atoms with van der Waals surface area (Å²) >= 11 is 0. The van der Waals surface area contributed by atoms with Gasteiger partial charge < -0.3 is 15.3 Å². The lowest BCUT2D eigenvalue weighted by molar-refractivity contribution is -0.143. The molecule has 0 saturated carbocycles. The first-order valence-electron chi connectivity index (χ1n) is 6.31. The van der Waals surface area contributed by atoms with Crippen LogP contribution in [0.2, 0.25) is 0 Å². The molecule has 1 aromatic rings. The normalized spacial score (nSPS) is 18.9. The summed E-state index contributed by atoms with van der Waals surface area (Å²) in [6, 6.07) is 3.47. The maximum absolute atomic E-state index is 11.9. The zero-order valence-corrected chi connectivity index (χ0v) is 10.6. The summed E-state index contributed by atoms with van der Waals surface area (Å²) in [5.74, 6) is -1.28. The number of nitrogens with one attached hydrogen (secondary N) is 1. The van der Waals surface area contributed by atoms with Gasteiger partial charge in [-0.1, -0.05) is 6.07 Å². The average Bonchev–Trinajstić information content (AvgIpc) is 2.46. The van der Waals surface area contributed by atoms with Crippen LogP contribution < -0.4 is 5.32 Å². The minimum atomic E-state index is -0.829. The Morgan fingerprint density at radius 3 is 3.05 bits per heavy atom. The number of rotatable bonds is 3. The third-order valence-electron chi connectivity index (χ3n) is 3.22. The third-order valence-corrected chi connectivity index (χ3v) is 3.22. The standard InChI is InChI=1S/C13H17N3O3/c17-12(18)11-4-2-6-16(9-11)13(19)15-8-10-3-1-5-14-7-10/h1,3,5,7,11H,2,4,6,8-9H2,(H,15,19)(H,17,18)/t11-/m0/s1. The average molecular weight is 263 g/mol. The molecule has 1 atom stereocenters. The molecule has 0 bridgehead atoms. The number of pyridine rings is 1. The van der Waals surface area contributed by atoms with Crippen molar-refractivity contribution in [2.45, 2.75) is 19.4 Å². The quantitative estimate of drug-likeness (QED) is 0.855. The van der Waals surface area contributed by atoms with E-state index in [-0.39, 0.29) is 12.6 Å². The molecule has 0 unspecified atom stereocenters. The molecule has 1 aliphatic heterocycles. The Bertz CT molecular complexity index is 450. The number of aliphatic carboxylic acids is 1. The first kappa shape index (κ1) is 13.3. The van der Waals surface area contributed by atoms with Gasteiger partial charge in [0.1, 0.15) is 0 Å². The van der Waals surface area contributed by atoms with Gasteiger partial charge in [0.2, 0.25) is 0 Å². The number of hydrogen-bond acceptors (Lipinski definition) is 3. The molecule has 2 amide bonds. The Balaban J connectivity index is 1.84. The Morgan fingerprint density at radius 1 is 1.53 bits per heavy atom. The van der Waals surface area contributed by atoms with Crippen LogP contribution in [0.25, 0.3) is 0 Å². The lowest BCUT2D eigenvalue weighted by Gasteiger charge is -2.30. The van der Waals surface area contributed by atoms with Gasteiger partial charge >= 0.3 is 12.0 Å². The second-order valence-electron chi connectivity index (χ2n) is 4.64. The molecule has 6 nitrogen and oxygen atoms in total. The molecule has 6 heteroatoms. The second-order valence-corrected chi connectivity index (χ2v) is 4.64. The molecule has 1 fully saturated rings. The largest absolute Gasteiger partial charge is 0.481 e. The van der Waals surface area contributed by atoms with E-state index >= 15 is 0 Å². The fourth-order valence-corrected chi connectivity index (χ4v) is 2.16. The molecule has 2 N–H and O–H groups in total. The molecular weight excluding hydrogens is 246 g/mol. The van der Waals surface area contributed by atoms with Gasteiger partial charge in [-0.05, 0) is 24.5 Å². The van der Waals surface area contributed by atoms with Crippen LogP contribution in [-0.2, 0) is 11.3 Å². The SMILES string of the molecule is O=C(O)[C@H]1CCCN(C(=O)NCc2cccnc2)C1. The van der Waals surface area contributed by atoms with Crippen LogP contribution in [0.15, 0.2) is 24.5 Å². The predicted octanol–water partition coefficient (Wildman–Crippen LogP) is 1.09. The van der Waals surface area contributed by atoms with Gasteiger partial charge in [-0.3, -0.25) is 9.78 Å². The maximum Gasteiger partial charge on any atom is 0.317 e. The number of likely N-dealkylation sites (tertiary alicyclic amines) is 1. The number of aromatic nitrogens is 1. The first-order valence-corrected chi connectivity index (χ1v) is 6.31. The van der Waals surface area contributed by atoms with Crippen LogP contribution in [0.3, 0.4) is 0 Å². The summed E-state index contributed by atoms with van der Waals surface area (Å²) < 4.78 is 0. The number of carboxylic acids is 1. The van der Waals surface area contributed by atoms with E-state index in [2.05, 4.69) is 10.3 Å². The summed E-state index contributed by atoms with van der Waals surface area (Å²) in [4.78, 5) is 28.4. The van der Waals surface area contributed by atoms with Gasteiger partial charge in [-0.2, -0.15) is 0 Å². The first-order chi connectivity index (χ1) is 9.16. The van der Waals surface area contributed by atoms with Gasteiger partial charge in [-0.15, -0.1) is 0 Å². The highest BCUT2D eigenvalue weighted by Gasteiger charge is 2.27. The summed E-state index contributed by atoms with van der Waals surface area (Å²) in [5, 5.41) is 11.8. The van der Waals surface area contributed by atoms with E-state index in [1.807, 2.05) is 12.1 Å². The fourth-order valence-electron chi connectivity index (χ4n) is 2.16. The van der Waals surface area contributed by atoms with E-state index in [4.69, 9.17) is 5.11 Å². The van der Waals surface area contributed by atoms with Crippen LogP contribution in [0, 0.1) is 5.92 Å². The van der Waals surface area contributed by atoms with Gasteiger partial charge in [0.25, 0.3) is 0 Å². The number of amides is 2. The Hall–Kier alpha value is -2.11. The second kappa shape index (κ2) is 6.17. The van der Waals surface area contributed by atoms with Crippen molar-refractivity contribution in [1.82, 2.24) is 15.2 Å². The Morgan fingerprint density at radius 2 is 2.37 bits per heavy atom. The number of piperidine rings is 1. The van der Waals surface area contributed by atoms with Gasteiger partial charge in [-0.25, -0.2) is 4.79 Å². The number of carbonyl (C=O) groups excluding carboxylic acids is 1. The highest BCUT2D eigenvalue weighted by Crippen LogP contribution is 2.16. The van der Waals surface area contributed by atoms with Crippen molar-refractivity contribution >= 4 is 12.0 Å². The molecule has 102 valence electrons. The number of carbonyl (C=O) groups is 2. The van der Waals surface area contributed by atoms with E-state index in [0.29, 0.717) is 19.5 Å². The minimum absolute atomic E-state index is 0.213. The van der Waals surface area contributed by atoms with Crippen molar-refractivity contribution in [1.29, 1.82) is 0 Å². The summed E-state index contributed by atoms with van der Waals surface area (Å²) in [7, 11) is 0. The number of nitrogens with zero attached hydrogens (tertiary/aromatic N) is 2. The van der Waals surface area contributed by atoms with E-state index < -0.39 is 11.9 Å². The lowest BCUT2D eigenvalue weighted by atomic mass is 9.99. The summed E-state index contributed by atoms with van der Waals surface area (Å²) in [6.45, 7) is 1.30. The van der Waals surface area contributed by atoms with Crippen molar-refractivity contribution in [2.75, 3.05) is 13.1 Å².